The lowest BCUT2D eigenvalue weighted by atomic mass is 9.75. The average Bonchev–Trinajstić information content (AvgIpc) is 2.37. The Bertz CT molecular complexity index is 544. The van der Waals surface area contributed by atoms with Gasteiger partial charge in [-0.05, 0) is 30.4 Å². The molecule has 4 heteroatoms. The summed E-state index contributed by atoms with van der Waals surface area (Å²) in [5.74, 6) is 0.277. The number of benzene rings is 1. The van der Waals surface area contributed by atoms with E-state index in [0.717, 1.165) is 36.0 Å². The smallest absolute Gasteiger partial charge is 0.219 e. The molecule has 2 aromatic rings. The number of anilines is 1. The highest BCUT2D eigenvalue weighted by Crippen LogP contribution is 2.41. The summed E-state index contributed by atoms with van der Waals surface area (Å²) in [5.41, 5.74) is 7.81. The van der Waals surface area contributed by atoms with Gasteiger partial charge in [0.05, 0.1) is 5.60 Å². The van der Waals surface area contributed by atoms with Gasteiger partial charge in [0.25, 0.3) is 0 Å². The quantitative estimate of drug-likeness (QED) is 0.844. The number of nitrogen functional groups attached to an aromatic ring is 1. The minimum Gasteiger partial charge on any atom is -0.385 e. The highest BCUT2D eigenvalue weighted by atomic mass is 16.3. The third-order valence-corrected chi connectivity index (χ3v) is 3.61. The Hall–Kier alpha value is -1.94. The third kappa shape index (κ3) is 1.84. The lowest BCUT2D eigenvalue weighted by molar-refractivity contribution is -0.0387. The molecule has 92 valence electrons. The molecule has 0 unspecified atom stereocenters. The number of nitrogens with two attached hydrogens (primary N) is 1. The standard InChI is InChI=1S/C14H15N3O/c15-13-16-8-11(9-17-13)10-2-4-12(5-3-10)14(18)6-1-7-14/h2-5,8-9,18H,1,6-7H2,(H2,15,16,17). The summed E-state index contributed by atoms with van der Waals surface area (Å²) in [7, 11) is 0. The van der Waals surface area contributed by atoms with Crippen LogP contribution in [0.3, 0.4) is 0 Å². The predicted octanol–water partition coefficient (Wildman–Crippen LogP) is 2.10. The van der Waals surface area contributed by atoms with Crippen molar-refractivity contribution in [2.75, 3.05) is 5.73 Å². The molecule has 1 aliphatic carbocycles. The fourth-order valence-electron chi connectivity index (χ4n) is 2.26. The summed E-state index contributed by atoms with van der Waals surface area (Å²) in [6.07, 6.45) is 6.23. The average molecular weight is 241 g/mol. The first-order valence-electron chi connectivity index (χ1n) is 6.08. The normalized spacial score (nSPS) is 17.2. The van der Waals surface area contributed by atoms with E-state index in [2.05, 4.69) is 9.97 Å². The maximum absolute atomic E-state index is 10.2. The minimum atomic E-state index is -0.601. The third-order valence-electron chi connectivity index (χ3n) is 3.61. The van der Waals surface area contributed by atoms with E-state index in [1.807, 2.05) is 24.3 Å². The monoisotopic (exact) mass is 241 g/mol. The Labute approximate surface area is 106 Å². The summed E-state index contributed by atoms with van der Waals surface area (Å²) >= 11 is 0. The predicted molar refractivity (Wildman–Crippen MR) is 69.6 cm³/mol. The van der Waals surface area contributed by atoms with E-state index in [9.17, 15) is 5.11 Å². The molecule has 0 atom stereocenters. The van der Waals surface area contributed by atoms with Crippen LogP contribution in [-0.2, 0) is 5.60 Å². The Morgan fingerprint density at radius 2 is 1.61 bits per heavy atom. The molecule has 18 heavy (non-hydrogen) atoms. The van der Waals surface area contributed by atoms with Crippen LogP contribution in [0.2, 0.25) is 0 Å². The zero-order valence-electron chi connectivity index (χ0n) is 10.0. The van der Waals surface area contributed by atoms with Crippen LogP contribution in [0, 0.1) is 0 Å². The van der Waals surface area contributed by atoms with Crippen LogP contribution in [0.4, 0.5) is 5.95 Å². The second-order valence-electron chi connectivity index (χ2n) is 4.79. The van der Waals surface area contributed by atoms with Crippen LogP contribution in [0.25, 0.3) is 11.1 Å². The number of aromatic nitrogens is 2. The first kappa shape index (κ1) is 11.2. The second kappa shape index (κ2) is 4.07. The maximum Gasteiger partial charge on any atom is 0.219 e. The SMILES string of the molecule is Nc1ncc(-c2ccc(C3(O)CCC3)cc2)cn1. The molecule has 0 aliphatic heterocycles. The summed E-state index contributed by atoms with van der Waals surface area (Å²) in [4.78, 5) is 7.94. The van der Waals surface area contributed by atoms with Crippen molar-refractivity contribution in [3.05, 3.63) is 42.2 Å². The van der Waals surface area contributed by atoms with Gasteiger partial charge in [0, 0.05) is 18.0 Å². The number of hydrogen-bond donors (Lipinski definition) is 2. The van der Waals surface area contributed by atoms with Crippen LogP contribution in [0.15, 0.2) is 36.7 Å². The number of aliphatic hydroxyl groups is 1. The van der Waals surface area contributed by atoms with Crippen LogP contribution in [-0.4, -0.2) is 15.1 Å². The van der Waals surface area contributed by atoms with Gasteiger partial charge in [-0.2, -0.15) is 0 Å². The largest absolute Gasteiger partial charge is 0.385 e. The number of nitrogens with zero attached hydrogens (tertiary/aromatic N) is 2. The molecular weight excluding hydrogens is 226 g/mol. The fourth-order valence-corrected chi connectivity index (χ4v) is 2.26. The Morgan fingerprint density at radius 1 is 1.00 bits per heavy atom. The van der Waals surface area contributed by atoms with Crippen LogP contribution >= 0.6 is 0 Å². The maximum atomic E-state index is 10.2. The van der Waals surface area contributed by atoms with E-state index >= 15 is 0 Å². The lowest BCUT2D eigenvalue weighted by Crippen LogP contribution is -2.33. The highest BCUT2D eigenvalue weighted by Gasteiger charge is 2.35. The molecule has 1 aromatic heterocycles. The van der Waals surface area contributed by atoms with E-state index in [4.69, 9.17) is 5.73 Å². The molecule has 1 saturated carbocycles. The molecule has 1 aromatic carbocycles. The Kier molecular flexibility index (Phi) is 2.52. The van der Waals surface area contributed by atoms with Gasteiger partial charge in [-0.25, -0.2) is 9.97 Å². The molecule has 3 N–H and O–H groups in total. The van der Waals surface area contributed by atoms with E-state index in [1.54, 1.807) is 12.4 Å². The van der Waals surface area contributed by atoms with Gasteiger partial charge >= 0.3 is 0 Å². The van der Waals surface area contributed by atoms with E-state index in [1.165, 1.54) is 0 Å². The Balaban J connectivity index is 1.89. The van der Waals surface area contributed by atoms with Gasteiger partial charge in [-0.3, -0.25) is 0 Å². The van der Waals surface area contributed by atoms with E-state index < -0.39 is 5.60 Å². The van der Waals surface area contributed by atoms with Gasteiger partial charge in [0.1, 0.15) is 0 Å². The summed E-state index contributed by atoms with van der Waals surface area (Å²) < 4.78 is 0. The molecule has 0 bridgehead atoms. The zero-order chi connectivity index (χ0) is 12.6. The van der Waals surface area contributed by atoms with Crippen LogP contribution in [0.1, 0.15) is 24.8 Å². The first-order chi connectivity index (χ1) is 8.67. The lowest BCUT2D eigenvalue weighted by Gasteiger charge is -2.37. The van der Waals surface area contributed by atoms with Crippen molar-refractivity contribution in [1.29, 1.82) is 0 Å². The van der Waals surface area contributed by atoms with Crippen molar-refractivity contribution < 1.29 is 5.11 Å². The van der Waals surface area contributed by atoms with Crippen LogP contribution in [0.5, 0.6) is 0 Å². The molecule has 0 spiro atoms. The summed E-state index contributed by atoms with van der Waals surface area (Å²) in [6.45, 7) is 0. The van der Waals surface area contributed by atoms with Gasteiger partial charge < -0.3 is 10.8 Å². The van der Waals surface area contributed by atoms with Crippen molar-refractivity contribution in [3.8, 4) is 11.1 Å². The second-order valence-corrected chi connectivity index (χ2v) is 4.79. The Morgan fingerprint density at radius 3 is 2.11 bits per heavy atom. The van der Waals surface area contributed by atoms with E-state index in [0.29, 0.717) is 0 Å². The van der Waals surface area contributed by atoms with Crippen LogP contribution < -0.4 is 5.73 Å². The topological polar surface area (TPSA) is 72.0 Å². The fraction of sp³-hybridized carbons (Fsp3) is 0.286. The highest BCUT2D eigenvalue weighted by molar-refractivity contribution is 5.62. The molecule has 0 radical (unpaired) electrons. The van der Waals surface area contributed by atoms with Crippen molar-refractivity contribution in [3.63, 3.8) is 0 Å². The van der Waals surface area contributed by atoms with Gasteiger partial charge in [-0.1, -0.05) is 24.3 Å². The molecule has 1 fully saturated rings. The van der Waals surface area contributed by atoms with Crippen molar-refractivity contribution in [1.82, 2.24) is 9.97 Å². The zero-order valence-corrected chi connectivity index (χ0v) is 10.0. The molecule has 1 heterocycles. The first-order valence-corrected chi connectivity index (χ1v) is 6.08. The summed E-state index contributed by atoms with van der Waals surface area (Å²) in [5, 5.41) is 10.2. The van der Waals surface area contributed by atoms with Gasteiger partial charge in [0.15, 0.2) is 0 Å². The number of rotatable bonds is 2. The molecule has 1 aliphatic rings. The van der Waals surface area contributed by atoms with Crippen molar-refractivity contribution in [2.24, 2.45) is 0 Å². The number of hydrogen-bond acceptors (Lipinski definition) is 4. The molecule has 4 nitrogen and oxygen atoms in total. The molecule has 0 amide bonds. The molecule has 3 rings (SSSR count). The van der Waals surface area contributed by atoms with Gasteiger partial charge in [0.2, 0.25) is 5.95 Å². The summed E-state index contributed by atoms with van der Waals surface area (Å²) in [6, 6.07) is 7.93. The van der Waals surface area contributed by atoms with Crippen molar-refractivity contribution >= 4 is 5.95 Å². The minimum absolute atomic E-state index is 0.277. The van der Waals surface area contributed by atoms with Crippen molar-refractivity contribution in [2.45, 2.75) is 24.9 Å². The van der Waals surface area contributed by atoms with E-state index in [-0.39, 0.29) is 5.95 Å². The molecular formula is C14H15N3O. The van der Waals surface area contributed by atoms with Gasteiger partial charge in [-0.15, -0.1) is 0 Å². The molecule has 0 saturated heterocycles.